The summed E-state index contributed by atoms with van der Waals surface area (Å²) in [6.07, 6.45) is 6.51. The molecule has 2 aromatic rings. The van der Waals surface area contributed by atoms with E-state index in [1.807, 2.05) is 36.4 Å². The lowest BCUT2D eigenvalue weighted by Gasteiger charge is -2.00. The molecule has 0 bridgehead atoms. The summed E-state index contributed by atoms with van der Waals surface area (Å²) in [6.45, 7) is 0. The van der Waals surface area contributed by atoms with Crippen LogP contribution >= 0.6 is 12.2 Å². The molecule has 100 valence electrons. The summed E-state index contributed by atoms with van der Waals surface area (Å²) < 4.78 is 0. The van der Waals surface area contributed by atoms with E-state index < -0.39 is 0 Å². The van der Waals surface area contributed by atoms with E-state index in [1.54, 1.807) is 24.8 Å². The van der Waals surface area contributed by atoms with Gasteiger partial charge in [-0.15, -0.1) is 0 Å². The van der Waals surface area contributed by atoms with Crippen LogP contribution in [0, 0.1) is 0 Å². The standard InChI is InChI=1S/C13H12N6S/c20-13(18-16-9-11-5-1-3-7-14-11)19-17-10-12-6-2-4-8-15-12/h1-10H,(H2,18,19,20)/b16-9+,17-10+. The zero-order valence-electron chi connectivity index (χ0n) is 10.5. The molecule has 2 heterocycles. The third kappa shape index (κ3) is 4.91. The van der Waals surface area contributed by atoms with Gasteiger partial charge in [-0.05, 0) is 36.5 Å². The Kier molecular flexibility index (Phi) is 5.29. The fourth-order valence-electron chi connectivity index (χ4n) is 1.24. The van der Waals surface area contributed by atoms with Crippen molar-refractivity contribution in [3.8, 4) is 0 Å². The van der Waals surface area contributed by atoms with Gasteiger partial charge < -0.3 is 0 Å². The highest BCUT2D eigenvalue weighted by molar-refractivity contribution is 7.80. The van der Waals surface area contributed by atoms with Crippen LogP contribution in [0.15, 0.2) is 59.0 Å². The minimum absolute atomic E-state index is 0.282. The van der Waals surface area contributed by atoms with E-state index in [0.717, 1.165) is 11.4 Å². The predicted octanol–water partition coefficient (Wildman–Crippen LogP) is 1.31. The molecule has 0 aliphatic carbocycles. The molecule has 0 fully saturated rings. The summed E-state index contributed by atoms with van der Waals surface area (Å²) >= 11 is 4.99. The van der Waals surface area contributed by atoms with E-state index in [-0.39, 0.29) is 5.11 Å². The van der Waals surface area contributed by atoms with Crippen LogP contribution in [0.5, 0.6) is 0 Å². The van der Waals surface area contributed by atoms with Crippen LogP contribution in [0.3, 0.4) is 0 Å². The molecule has 2 rings (SSSR count). The van der Waals surface area contributed by atoms with Crippen LogP contribution in [-0.4, -0.2) is 27.5 Å². The van der Waals surface area contributed by atoms with Crippen molar-refractivity contribution < 1.29 is 0 Å². The summed E-state index contributed by atoms with van der Waals surface area (Å²) in [4.78, 5) is 8.17. The van der Waals surface area contributed by atoms with Crippen molar-refractivity contribution in [1.82, 2.24) is 20.8 Å². The lowest BCUT2D eigenvalue weighted by molar-refractivity contribution is 0.933. The fourth-order valence-corrected chi connectivity index (χ4v) is 1.35. The quantitative estimate of drug-likeness (QED) is 0.503. The second kappa shape index (κ2) is 7.70. The first-order chi connectivity index (χ1) is 9.84. The molecule has 2 N–H and O–H groups in total. The maximum atomic E-state index is 4.99. The first kappa shape index (κ1) is 13.8. The van der Waals surface area contributed by atoms with Crippen LogP contribution in [0.2, 0.25) is 0 Å². The average Bonchev–Trinajstić information content (AvgIpc) is 2.49. The highest BCUT2D eigenvalue weighted by Crippen LogP contribution is 1.88. The van der Waals surface area contributed by atoms with E-state index in [4.69, 9.17) is 12.2 Å². The molecule has 0 unspecified atom stereocenters. The van der Waals surface area contributed by atoms with E-state index >= 15 is 0 Å². The van der Waals surface area contributed by atoms with Gasteiger partial charge in [-0.2, -0.15) is 10.2 Å². The maximum absolute atomic E-state index is 4.99. The second-order valence-electron chi connectivity index (χ2n) is 3.58. The van der Waals surface area contributed by atoms with E-state index in [1.165, 1.54) is 0 Å². The molecule has 7 heteroatoms. The van der Waals surface area contributed by atoms with E-state index in [0.29, 0.717) is 0 Å². The number of hydrogen-bond donors (Lipinski definition) is 2. The summed E-state index contributed by atoms with van der Waals surface area (Å²) in [5.74, 6) is 0. The summed E-state index contributed by atoms with van der Waals surface area (Å²) in [7, 11) is 0. The van der Waals surface area contributed by atoms with Crippen molar-refractivity contribution >= 4 is 29.8 Å². The van der Waals surface area contributed by atoms with E-state index in [9.17, 15) is 0 Å². The molecule has 0 spiro atoms. The number of pyridine rings is 2. The molecule has 0 aliphatic rings. The van der Waals surface area contributed by atoms with Crippen molar-refractivity contribution in [1.29, 1.82) is 0 Å². The third-order valence-corrected chi connectivity index (χ3v) is 2.28. The SMILES string of the molecule is S=C(N/N=C/c1ccccn1)N/N=C/c1ccccn1. The van der Waals surface area contributed by atoms with E-state index in [2.05, 4.69) is 31.0 Å². The van der Waals surface area contributed by atoms with Crippen molar-refractivity contribution in [2.45, 2.75) is 0 Å². The number of nitrogens with one attached hydrogen (secondary N) is 2. The van der Waals surface area contributed by atoms with Crippen LogP contribution in [0.1, 0.15) is 11.4 Å². The van der Waals surface area contributed by atoms with Crippen LogP contribution in [0.4, 0.5) is 0 Å². The molecule has 2 aromatic heterocycles. The van der Waals surface area contributed by atoms with Gasteiger partial charge >= 0.3 is 0 Å². The molecule has 0 saturated carbocycles. The van der Waals surface area contributed by atoms with Crippen LogP contribution in [-0.2, 0) is 0 Å². The highest BCUT2D eigenvalue weighted by Gasteiger charge is 1.90. The first-order valence-corrected chi connectivity index (χ1v) is 6.19. The molecular formula is C13H12N6S. The Labute approximate surface area is 121 Å². The van der Waals surface area contributed by atoms with Gasteiger partial charge in [-0.3, -0.25) is 20.8 Å². The van der Waals surface area contributed by atoms with Crippen molar-refractivity contribution in [2.24, 2.45) is 10.2 Å². The fraction of sp³-hybridized carbons (Fsp3) is 0. The zero-order chi connectivity index (χ0) is 14.0. The Morgan fingerprint density at radius 1 is 0.900 bits per heavy atom. The minimum atomic E-state index is 0.282. The molecule has 6 nitrogen and oxygen atoms in total. The smallest absolute Gasteiger partial charge is 0.207 e. The molecule has 20 heavy (non-hydrogen) atoms. The van der Waals surface area contributed by atoms with Gasteiger partial charge in [0.1, 0.15) is 0 Å². The topological polar surface area (TPSA) is 74.6 Å². The number of rotatable bonds is 4. The Bertz CT molecular complexity index is 543. The summed E-state index contributed by atoms with van der Waals surface area (Å²) in [5, 5.41) is 8.15. The van der Waals surface area contributed by atoms with Gasteiger partial charge in [0.05, 0.1) is 23.8 Å². The van der Waals surface area contributed by atoms with Crippen molar-refractivity contribution in [3.05, 3.63) is 60.2 Å². The molecule has 0 saturated heterocycles. The number of thiocarbonyl (C=S) groups is 1. The van der Waals surface area contributed by atoms with Gasteiger partial charge in [-0.1, -0.05) is 12.1 Å². The minimum Gasteiger partial charge on any atom is -0.255 e. The van der Waals surface area contributed by atoms with Gasteiger partial charge in [0.25, 0.3) is 0 Å². The van der Waals surface area contributed by atoms with Crippen LogP contribution < -0.4 is 10.9 Å². The number of aromatic nitrogens is 2. The molecule has 0 atom stereocenters. The lowest BCUT2D eigenvalue weighted by Crippen LogP contribution is -2.28. The first-order valence-electron chi connectivity index (χ1n) is 5.79. The number of hydrazone groups is 2. The van der Waals surface area contributed by atoms with Crippen molar-refractivity contribution in [2.75, 3.05) is 0 Å². The largest absolute Gasteiger partial charge is 0.255 e. The Hall–Kier alpha value is -2.67. The molecule has 0 aromatic carbocycles. The second-order valence-corrected chi connectivity index (χ2v) is 3.99. The van der Waals surface area contributed by atoms with Gasteiger partial charge in [0, 0.05) is 12.4 Å². The third-order valence-electron chi connectivity index (χ3n) is 2.10. The normalized spacial score (nSPS) is 10.8. The maximum Gasteiger partial charge on any atom is 0.207 e. The molecule has 0 aliphatic heterocycles. The number of nitrogens with zero attached hydrogens (tertiary/aromatic N) is 4. The van der Waals surface area contributed by atoms with Gasteiger partial charge in [0.2, 0.25) is 5.11 Å². The van der Waals surface area contributed by atoms with Gasteiger partial charge in [0.15, 0.2) is 0 Å². The molecule has 0 radical (unpaired) electrons. The zero-order valence-corrected chi connectivity index (χ0v) is 11.3. The Balaban J connectivity index is 1.76. The Morgan fingerprint density at radius 2 is 1.40 bits per heavy atom. The monoisotopic (exact) mass is 284 g/mol. The van der Waals surface area contributed by atoms with Gasteiger partial charge in [-0.25, -0.2) is 0 Å². The molecular weight excluding hydrogens is 272 g/mol. The average molecular weight is 284 g/mol. The predicted molar refractivity (Wildman–Crippen MR) is 82.5 cm³/mol. The summed E-state index contributed by atoms with van der Waals surface area (Å²) in [6, 6.07) is 11.1. The summed E-state index contributed by atoms with van der Waals surface area (Å²) in [5.41, 5.74) is 6.74. The number of hydrogen-bond acceptors (Lipinski definition) is 5. The van der Waals surface area contributed by atoms with Crippen LogP contribution in [0.25, 0.3) is 0 Å². The van der Waals surface area contributed by atoms with Crippen molar-refractivity contribution in [3.63, 3.8) is 0 Å². The Morgan fingerprint density at radius 3 is 1.80 bits per heavy atom. The highest BCUT2D eigenvalue weighted by atomic mass is 32.1. The molecule has 0 amide bonds. The lowest BCUT2D eigenvalue weighted by atomic mass is 10.4.